The van der Waals surface area contributed by atoms with Crippen LogP contribution in [0.1, 0.15) is 11.1 Å². The molecular formula is C13H12FN3. The summed E-state index contributed by atoms with van der Waals surface area (Å²) in [6.07, 6.45) is 1.38. The first kappa shape index (κ1) is 12.9. The zero-order chi connectivity index (χ0) is 12.8. The topological polar surface area (TPSA) is 50.8 Å². The van der Waals surface area contributed by atoms with Crippen LogP contribution in [0.25, 0.3) is 6.08 Å². The second-order valence-corrected chi connectivity index (χ2v) is 3.91. The summed E-state index contributed by atoms with van der Waals surface area (Å²) in [5.41, 5.74) is 1.29. The molecule has 0 spiro atoms. The van der Waals surface area contributed by atoms with Crippen molar-refractivity contribution in [3.05, 3.63) is 40.7 Å². The molecule has 0 aliphatic rings. The van der Waals surface area contributed by atoms with Gasteiger partial charge >= 0.3 is 0 Å². The number of allylic oxidation sites excluding steroid dienone is 1. The van der Waals surface area contributed by atoms with Crippen LogP contribution in [0.4, 0.5) is 4.39 Å². The summed E-state index contributed by atoms with van der Waals surface area (Å²) in [6.45, 7) is 0.604. The van der Waals surface area contributed by atoms with Gasteiger partial charge in [-0.2, -0.15) is 10.5 Å². The summed E-state index contributed by atoms with van der Waals surface area (Å²) in [5, 5.41) is 17.3. The lowest BCUT2D eigenvalue weighted by Gasteiger charge is -2.10. The summed E-state index contributed by atoms with van der Waals surface area (Å²) in [7, 11) is 3.77. The van der Waals surface area contributed by atoms with Crippen LogP contribution in [0.3, 0.4) is 0 Å². The van der Waals surface area contributed by atoms with E-state index in [1.807, 2.05) is 19.0 Å². The molecule has 0 heterocycles. The largest absolute Gasteiger partial charge is 0.305 e. The molecule has 1 rings (SSSR count). The van der Waals surface area contributed by atoms with Crippen molar-refractivity contribution in [1.82, 2.24) is 4.90 Å². The molecule has 0 aliphatic carbocycles. The van der Waals surface area contributed by atoms with Gasteiger partial charge in [-0.25, -0.2) is 4.39 Å². The van der Waals surface area contributed by atoms with E-state index in [9.17, 15) is 4.39 Å². The first-order valence-corrected chi connectivity index (χ1v) is 5.01. The number of hydrogen-bond donors (Lipinski definition) is 0. The lowest BCUT2D eigenvalue weighted by Crippen LogP contribution is -2.10. The molecule has 0 fully saturated rings. The second-order valence-electron chi connectivity index (χ2n) is 3.91. The summed E-state index contributed by atoms with van der Waals surface area (Å²) in [4.78, 5) is 1.91. The Labute approximate surface area is 100 Å². The smallest absolute Gasteiger partial charge is 0.130 e. The highest BCUT2D eigenvalue weighted by molar-refractivity contribution is 5.62. The van der Waals surface area contributed by atoms with E-state index in [0.717, 1.165) is 5.56 Å². The number of nitriles is 2. The van der Waals surface area contributed by atoms with E-state index < -0.39 is 0 Å². The predicted octanol–water partition coefficient (Wildman–Crippen LogP) is 2.32. The van der Waals surface area contributed by atoms with Crippen molar-refractivity contribution in [2.75, 3.05) is 14.1 Å². The van der Waals surface area contributed by atoms with E-state index in [0.29, 0.717) is 12.1 Å². The minimum atomic E-state index is -0.370. The first-order chi connectivity index (χ1) is 8.05. The van der Waals surface area contributed by atoms with Gasteiger partial charge in [0.1, 0.15) is 23.5 Å². The maximum Gasteiger partial charge on any atom is 0.130 e. The normalized spacial score (nSPS) is 9.53. The summed E-state index contributed by atoms with van der Waals surface area (Å²) < 4.78 is 13.3. The van der Waals surface area contributed by atoms with Crippen LogP contribution >= 0.6 is 0 Å². The number of benzene rings is 1. The number of hydrogen-bond acceptors (Lipinski definition) is 3. The first-order valence-electron chi connectivity index (χ1n) is 5.01. The molecule has 0 aromatic heterocycles. The average Bonchev–Trinajstić information content (AvgIpc) is 2.24. The van der Waals surface area contributed by atoms with Gasteiger partial charge in [0.25, 0.3) is 0 Å². The average molecular weight is 229 g/mol. The number of nitrogens with zero attached hydrogens (tertiary/aromatic N) is 3. The number of rotatable bonds is 3. The van der Waals surface area contributed by atoms with E-state index in [4.69, 9.17) is 10.5 Å². The van der Waals surface area contributed by atoms with Crippen molar-refractivity contribution < 1.29 is 4.39 Å². The molecule has 0 radical (unpaired) electrons. The summed E-state index contributed by atoms with van der Waals surface area (Å²) >= 11 is 0. The molecule has 0 atom stereocenters. The zero-order valence-electron chi connectivity index (χ0n) is 9.74. The van der Waals surface area contributed by atoms with E-state index in [2.05, 4.69) is 0 Å². The van der Waals surface area contributed by atoms with Crippen LogP contribution in [-0.4, -0.2) is 19.0 Å². The highest BCUT2D eigenvalue weighted by Gasteiger charge is 2.02. The molecule has 17 heavy (non-hydrogen) atoms. The highest BCUT2D eigenvalue weighted by atomic mass is 19.1. The van der Waals surface area contributed by atoms with E-state index in [1.165, 1.54) is 18.2 Å². The second kappa shape index (κ2) is 5.79. The van der Waals surface area contributed by atoms with Crippen LogP contribution in [0.15, 0.2) is 23.8 Å². The van der Waals surface area contributed by atoms with E-state index in [1.54, 1.807) is 18.2 Å². The summed E-state index contributed by atoms with van der Waals surface area (Å²) in [6, 6.07) is 8.00. The van der Waals surface area contributed by atoms with Crippen LogP contribution in [0.2, 0.25) is 0 Å². The van der Waals surface area contributed by atoms with Gasteiger partial charge in [0.05, 0.1) is 0 Å². The molecular weight excluding hydrogens is 217 g/mol. The van der Waals surface area contributed by atoms with Gasteiger partial charge in [0.15, 0.2) is 0 Å². The van der Waals surface area contributed by atoms with Gasteiger partial charge in [-0.3, -0.25) is 0 Å². The van der Waals surface area contributed by atoms with Crippen molar-refractivity contribution in [2.45, 2.75) is 6.54 Å². The Morgan fingerprint density at radius 1 is 1.29 bits per heavy atom. The minimum Gasteiger partial charge on any atom is -0.305 e. The van der Waals surface area contributed by atoms with Crippen molar-refractivity contribution in [1.29, 1.82) is 10.5 Å². The molecule has 0 bridgehead atoms. The molecule has 1 aromatic rings. The van der Waals surface area contributed by atoms with Gasteiger partial charge in [-0.05, 0) is 43.4 Å². The SMILES string of the molecule is CN(C)Cc1cc(F)cc(C=C(C#N)C#N)c1. The van der Waals surface area contributed by atoms with E-state index in [-0.39, 0.29) is 11.4 Å². The third-order valence-corrected chi connectivity index (χ3v) is 2.03. The molecule has 3 nitrogen and oxygen atoms in total. The Kier molecular flexibility index (Phi) is 4.39. The van der Waals surface area contributed by atoms with Gasteiger partial charge in [0.2, 0.25) is 0 Å². The Bertz CT molecular complexity index is 502. The lowest BCUT2D eigenvalue weighted by atomic mass is 10.1. The predicted molar refractivity (Wildman–Crippen MR) is 63.0 cm³/mol. The van der Waals surface area contributed by atoms with Crippen LogP contribution in [0.5, 0.6) is 0 Å². The Balaban J connectivity index is 3.11. The van der Waals surface area contributed by atoms with Crippen molar-refractivity contribution >= 4 is 6.08 Å². The van der Waals surface area contributed by atoms with Crippen LogP contribution < -0.4 is 0 Å². The van der Waals surface area contributed by atoms with Crippen LogP contribution in [0, 0.1) is 28.5 Å². The maximum absolute atomic E-state index is 13.3. The van der Waals surface area contributed by atoms with Gasteiger partial charge < -0.3 is 4.90 Å². The monoisotopic (exact) mass is 229 g/mol. The standard InChI is InChI=1S/C13H12FN3/c1-17(2)9-11-3-10(5-13(14)6-11)4-12(7-15)8-16/h3-6H,9H2,1-2H3. The molecule has 4 heteroatoms. The fourth-order valence-corrected chi connectivity index (χ4v) is 1.47. The molecule has 0 saturated heterocycles. The minimum absolute atomic E-state index is 0.0357. The molecule has 86 valence electrons. The third-order valence-electron chi connectivity index (χ3n) is 2.03. The van der Waals surface area contributed by atoms with E-state index >= 15 is 0 Å². The van der Waals surface area contributed by atoms with Gasteiger partial charge in [-0.15, -0.1) is 0 Å². The van der Waals surface area contributed by atoms with Crippen molar-refractivity contribution in [3.63, 3.8) is 0 Å². The Morgan fingerprint density at radius 3 is 2.47 bits per heavy atom. The highest BCUT2D eigenvalue weighted by Crippen LogP contribution is 2.13. The van der Waals surface area contributed by atoms with Gasteiger partial charge in [0, 0.05) is 6.54 Å². The Morgan fingerprint density at radius 2 is 1.94 bits per heavy atom. The Hall–Kier alpha value is -2.17. The molecule has 1 aromatic carbocycles. The number of halogens is 1. The van der Waals surface area contributed by atoms with Crippen LogP contribution in [-0.2, 0) is 6.54 Å². The maximum atomic E-state index is 13.3. The molecule has 0 aliphatic heterocycles. The quantitative estimate of drug-likeness (QED) is 0.747. The molecule has 0 amide bonds. The molecule has 0 N–H and O–H groups in total. The van der Waals surface area contributed by atoms with Gasteiger partial charge in [-0.1, -0.05) is 6.07 Å². The summed E-state index contributed by atoms with van der Waals surface area (Å²) in [5.74, 6) is -0.370. The molecule has 0 saturated carbocycles. The van der Waals surface area contributed by atoms with Crippen molar-refractivity contribution in [2.24, 2.45) is 0 Å². The fraction of sp³-hybridized carbons (Fsp3) is 0.231. The third kappa shape index (κ3) is 4.06. The van der Waals surface area contributed by atoms with Crippen molar-refractivity contribution in [3.8, 4) is 12.1 Å². The molecule has 0 unspecified atom stereocenters. The zero-order valence-corrected chi connectivity index (χ0v) is 9.74. The fourth-order valence-electron chi connectivity index (χ4n) is 1.47. The lowest BCUT2D eigenvalue weighted by molar-refractivity contribution is 0.401.